The molecule has 0 amide bonds. The summed E-state index contributed by atoms with van der Waals surface area (Å²) in [6.45, 7) is 5.97. The highest BCUT2D eigenvalue weighted by Crippen LogP contribution is 2.29. The Kier molecular flexibility index (Phi) is 4.98. The van der Waals surface area contributed by atoms with Crippen LogP contribution in [0.1, 0.15) is 18.1 Å². The van der Waals surface area contributed by atoms with Crippen LogP contribution in [0.3, 0.4) is 0 Å². The Morgan fingerprint density at radius 3 is 2.50 bits per heavy atom. The molecule has 0 aliphatic rings. The quantitative estimate of drug-likeness (QED) is 0.890. The second-order valence-corrected chi connectivity index (χ2v) is 7.04. The van der Waals surface area contributed by atoms with Crippen molar-refractivity contribution in [3.63, 3.8) is 0 Å². The maximum absolute atomic E-state index is 12.6. The topological polar surface area (TPSA) is 55.4 Å². The molecule has 0 unspecified atom stereocenters. The van der Waals surface area contributed by atoms with Crippen LogP contribution < -0.4 is 9.46 Å². The van der Waals surface area contributed by atoms with Gasteiger partial charge in [0.2, 0.25) is 0 Å². The summed E-state index contributed by atoms with van der Waals surface area (Å²) in [5.74, 6) is 0.282. The second kappa shape index (κ2) is 6.58. The molecule has 22 heavy (non-hydrogen) atoms. The van der Waals surface area contributed by atoms with E-state index in [0.717, 1.165) is 11.1 Å². The van der Waals surface area contributed by atoms with E-state index in [1.54, 1.807) is 25.1 Å². The van der Waals surface area contributed by atoms with Gasteiger partial charge in [-0.15, -0.1) is 0 Å². The van der Waals surface area contributed by atoms with E-state index in [9.17, 15) is 8.42 Å². The fraction of sp³-hybridized carbons (Fsp3) is 0.250. The van der Waals surface area contributed by atoms with E-state index in [2.05, 4.69) is 4.72 Å². The van der Waals surface area contributed by atoms with Gasteiger partial charge in [-0.25, -0.2) is 8.42 Å². The van der Waals surface area contributed by atoms with Crippen LogP contribution in [-0.2, 0) is 10.0 Å². The number of benzene rings is 2. The molecule has 0 atom stereocenters. The number of hydrogen-bond donors (Lipinski definition) is 1. The summed E-state index contributed by atoms with van der Waals surface area (Å²) >= 11 is 5.93. The third-order valence-electron chi connectivity index (χ3n) is 3.12. The number of aryl methyl sites for hydroxylation is 2. The van der Waals surface area contributed by atoms with E-state index in [4.69, 9.17) is 16.3 Å². The van der Waals surface area contributed by atoms with Gasteiger partial charge in [0.15, 0.2) is 0 Å². The Morgan fingerprint density at radius 1 is 1.14 bits per heavy atom. The zero-order chi connectivity index (χ0) is 16.3. The van der Waals surface area contributed by atoms with Gasteiger partial charge in [-0.3, -0.25) is 4.72 Å². The molecule has 118 valence electrons. The van der Waals surface area contributed by atoms with Crippen LogP contribution in [0.4, 0.5) is 5.69 Å². The third kappa shape index (κ3) is 3.72. The summed E-state index contributed by atoms with van der Waals surface area (Å²) in [4.78, 5) is 0.0295. The molecule has 2 rings (SSSR count). The van der Waals surface area contributed by atoms with Gasteiger partial charge in [0, 0.05) is 5.02 Å². The van der Waals surface area contributed by atoms with Crippen molar-refractivity contribution >= 4 is 27.3 Å². The summed E-state index contributed by atoms with van der Waals surface area (Å²) in [6, 6.07) is 10.1. The lowest BCUT2D eigenvalue weighted by atomic mass is 10.1. The highest BCUT2D eigenvalue weighted by Gasteiger charge is 2.21. The van der Waals surface area contributed by atoms with E-state index in [0.29, 0.717) is 17.3 Å². The van der Waals surface area contributed by atoms with Crippen LogP contribution in [0.2, 0.25) is 5.02 Å². The lowest BCUT2D eigenvalue weighted by molar-refractivity contribution is 0.331. The molecule has 0 fully saturated rings. The van der Waals surface area contributed by atoms with Gasteiger partial charge in [0.25, 0.3) is 10.0 Å². The Bertz CT molecular complexity index is 788. The van der Waals surface area contributed by atoms with Crippen molar-refractivity contribution < 1.29 is 13.2 Å². The monoisotopic (exact) mass is 339 g/mol. The average Bonchev–Trinajstić information content (AvgIpc) is 2.44. The first kappa shape index (κ1) is 16.6. The van der Waals surface area contributed by atoms with Gasteiger partial charge in [0.05, 0.1) is 12.3 Å². The molecule has 0 aliphatic carbocycles. The Labute approximate surface area is 136 Å². The number of sulfonamides is 1. The molecule has 0 saturated heterocycles. The van der Waals surface area contributed by atoms with Crippen LogP contribution in [0.25, 0.3) is 0 Å². The molecule has 4 nitrogen and oxygen atoms in total. The zero-order valence-corrected chi connectivity index (χ0v) is 14.3. The first-order valence-corrected chi connectivity index (χ1v) is 8.72. The summed E-state index contributed by atoms with van der Waals surface area (Å²) in [6.07, 6.45) is 0. The van der Waals surface area contributed by atoms with Gasteiger partial charge in [-0.05, 0) is 50.6 Å². The second-order valence-electron chi connectivity index (χ2n) is 4.95. The number of anilines is 1. The molecule has 0 aliphatic heterocycles. The molecule has 0 aromatic heterocycles. The standard InChI is InChI=1S/C16H18ClNO3S/c1-4-21-15-8-6-13(17)10-16(15)22(19,20)18-14-7-5-11(2)9-12(14)3/h5-10,18H,4H2,1-3H3. The predicted molar refractivity (Wildman–Crippen MR) is 89.3 cm³/mol. The number of hydrogen-bond acceptors (Lipinski definition) is 3. The zero-order valence-electron chi connectivity index (χ0n) is 12.7. The number of halogens is 1. The summed E-state index contributed by atoms with van der Waals surface area (Å²) < 4.78 is 33.3. The van der Waals surface area contributed by atoms with Gasteiger partial charge >= 0.3 is 0 Å². The van der Waals surface area contributed by atoms with Crippen molar-refractivity contribution in [3.05, 3.63) is 52.5 Å². The van der Waals surface area contributed by atoms with E-state index < -0.39 is 10.0 Å². The van der Waals surface area contributed by atoms with Crippen LogP contribution >= 0.6 is 11.6 Å². The van der Waals surface area contributed by atoms with Crippen LogP contribution in [0.5, 0.6) is 5.75 Å². The Morgan fingerprint density at radius 2 is 1.86 bits per heavy atom. The Hall–Kier alpha value is -1.72. The molecule has 0 bridgehead atoms. The fourth-order valence-corrected chi connectivity index (χ4v) is 3.63. The molecule has 0 saturated carbocycles. The molecule has 0 radical (unpaired) electrons. The minimum absolute atomic E-state index is 0.0295. The lowest BCUT2D eigenvalue weighted by Crippen LogP contribution is -2.15. The highest BCUT2D eigenvalue weighted by molar-refractivity contribution is 7.92. The fourth-order valence-electron chi connectivity index (χ4n) is 2.09. The van der Waals surface area contributed by atoms with Crippen LogP contribution in [-0.4, -0.2) is 15.0 Å². The average molecular weight is 340 g/mol. The van der Waals surface area contributed by atoms with E-state index in [1.807, 2.05) is 26.0 Å². The van der Waals surface area contributed by atoms with Crippen molar-refractivity contribution in [2.45, 2.75) is 25.7 Å². The number of nitrogens with one attached hydrogen (secondary N) is 1. The molecule has 1 N–H and O–H groups in total. The largest absolute Gasteiger partial charge is 0.492 e. The van der Waals surface area contributed by atoms with E-state index >= 15 is 0 Å². The minimum Gasteiger partial charge on any atom is -0.492 e. The van der Waals surface area contributed by atoms with E-state index in [-0.39, 0.29) is 10.6 Å². The molecule has 6 heteroatoms. The maximum Gasteiger partial charge on any atom is 0.265 e. The van der Waals surface area contributed by atoms with Crippen LogP contribution in [0.15, 0.2) is 41.3 Å². The summed E-state index contributed by atoms with van der Waals surface area (Å²) in [5, 5.41) is 0.337. The smallest absolute Gasteiger partial charge is 0.265 e. The first-order valence-electron chi connectivity index (χ1n) is 6.86. The third-order valence-corrected chi connectivity index (χ3v) is 4.74. The van der Waals surface area contributed by atoms with Crippen molar-refractivity contribution in [1.29, 1.82) is 0 Å². The van der Waals surface area contributed by atoms with Crippen molar-refractivity contribution in [2.75, 3.05) is 11.3 Å². The molecular formula is C16H18ClNO3S. The molecule has 0 spiro atoms. The van der Waals surface area contributed by atoms with Gasteiger partial charge in [-0.1, -0.05) is 29.3 Å². The van der Waals surface area contributed by atoms with Gasteiger partial charge in [0.1, 0.15) is 10.6 Å². The molecule has 2 aromatic carbocycles. The van der Waals surface area contributed by atoms with Crippen molar-refractivity contribution in [3.8, 4) is 5.75 Å². The first-order chi connectivity index (χ1) is 10.3. The van der Waals surface area contributed by atoms with E-state index in [1.165, 1.54) is 6.07 Å². The summed E-state index contributed by atoms with van der Waals surface area (Å²) in [7, 11) is -3.78. The van der Waals surface area contributed by atoms with Gasteiger partial charge in [-0.2, -0.15) is 0 Å². The number of ether oxygens (including phenoxy) is 1. The van der Waals surface area contributed by atoms with Crippen LogP contribution in [0, 0.1) is 13.8 Å². The number of rotatable bonds is 5. The maximum atomic E-state index is 12.6. The molecule has 0 heterocycles. The summed E-state index contributed by atoms with van der Waals surface area (Å²) in [5.41, 5.74) is 2.45. The molecular weight excluding hydrogens is 322 g/mol. The van der Waals surface area contributed by atoms with Gasteiger partial charge < -0.3 is 4.74 Å². The van der Waals surface area contributed by atoms with Crippen molar-refractivity contribution in [2.24, 2.45) is 0 Å². The Balaban J connectivity index is 2.44. The minimum atomic E-state index is -3.78. The van der Waals surface area contributed by atoms with Crippen molar-refractivity contribution in [1.82, 2.24) is 0 Å². The SMILES string of the molecule is CCOc1ccc(Cl)cc1S(=O)(=O)Nc1ccc(C)cc1C. The predicted octanol–water partition coefficient (Wildman–Crippen LogP) is 4.16. The lowest BCUT2D eigenvalue weighted by Gasteiger charge is -2.14. The molecule has 2 aromatic rings. The highest BCUT2D eigenvalue weighted by atomic mass is 35.5. The normalized spacial score (nSPS) is 11.3.